The monoisotopic (exact) mass is 1200 g/mol. The van der Waals surface area contributed by atoms with Crippen LogP contribution >= 0.6 is 0 Å². The normalized spacial score (nSPS) is 33.5. The van der Waals surface area contributed by atoms with Gasteiger partial charge in [0.25, 0.3) is 11.8 Å². The summed E-state index contributed by atoms with van der Waals surface area (Å²) in [7, 11) is 0. The molecule has 16 rings (SSSR count). The molecule has 4 saturated carbocycles. The van der Waals surface area contributed by atoms with Gasteiger partial charge < -0.3 is 24.4 Å². The molecule has 4 aliphatic carbocycles. The van der Waals surface area contributed by atoms with E-state index in [2.05, 4.69) is 9.80 Å². The Morgan fingerprint density at radius 1 is 0.460 bits per heavy atom. The third-order valence-electron chi connectivity index (χ3n) is 20.5. The van der Waals surface area contributed by atoms with Gasteiger partial charge in [-0.1, -0.05) is 133 Å². The smallest absolute Gasteiger partial charge is 0.261 e. The summed E-state index contributed by atoms with van der Waals surface area (Å²) in [6.45, 7) is 3.68. The van der Waals surface area contributed by atoms with Crippen LogP contribution in [0.15, 0.2) is 146 Å². The third-order valence-corrected chi connectivity index (χ3v) is 20.5. The highest BCUT2D eigenvalue weighted by Gasteiger charge is 2.63. The zero-order valence-corrected chi connectivity index (χ0v) is 48.1. The maximum absolute atomic E-state index is 14.1. The van der Waals surface area contributed by atoms with E-state index in [1.165, 1.54) is 10.5 Å². The number of benzene rings is 5. The summed E-state index contributed by atoms with van der Waals surface area (Å²) in [5.74, 6) is -9.37. The SMILES string of the molecule is O=C1C[C@@H]2[C@H]3CO[C@H](c4ccccc4)N3C(=O)[C@@H]2C1.O=C1[C@@H]2CC(F)(F)C[C@@H]2[C@H]2CO[C@H](c3ccccc3)N12.O=C1c2ccccc2C(=O)N1C[C@@H]1[C@H]2CC(F)(F)C[C@H]2CN1Cc1ccccc1.OC[C@@H]1[C@H]2CC(F)(F)C[C@H]2CN1Cc1ccccc1. The van der Waals surface area contributed by atoms with Crippen LogP contribution in [0.25, 0.3) is 0 Å². The summed E-state index contributed by atoms with van der Waals surface area (Å²) in [4.78, 5) is 71.3. The van der Waals surface area contributed by atoms with Crippen LogP contribution in [0.5, 0.6) is 0 Å². The summed E-state index contributed by atoms with van der Waals surface area (Å²) in [6, 6.07) is 45.5. The lowest BCUT2D eigenvalue weighted by Gasteiger charge is -2.31. The van der Waals surface area contributed by atoms with E-state index in [1.54, 1.807) is 29.2 Å². The Balaban J connectivity index is 0.000000109. The van der Waals surface area contributed by atoms with Crippen molar-refractivity contribution in [2.24, 2.45) is 47.3 Å². The van der Waals surface area contributed by atoms with Crippen LogP contribution in [0, 0.1) is 47.3 Å². The molecular weight excluding hydrogens is 1130 g/mol. The van der Waals surface area contributed by atoms with Crippen LogP contribution in [0.1, 0.15) is 107 Å². The number of alkyl halides is 6. The Kier molecular flexibility index (Phi) is 16.1. The van der Waals surface area contributed by atoms with E-state index < -0.39 is 29.9 Å². The number of aliphatic hydroxyl groups is 1. The molecule has 11 aliphatic rings. The molecule has 4 amide bonds. The minimum Gasteiger partial charge on any atom is -0.395 e. The molecule has 458 valence electrons. The molecule has 7 aliphatic heterocycles. The van der Waals surface area contributed by atoms with Crippen molar-refractivity contribution in [1.29, 1.82) is 0 Å². The number of carbonyl (C=O) groups excluding carboxylic acids is 5. The van der Waals surface area contributed by atoms with Crippen molar-refractivity contribution in [3.05, 3.63) is 179 Å². The molecule has 10 fully saturated rings. The molecule has 19 heteroatoms. The third kappa shape index (κ3) is 11.6. The largest absolute Gasteiger partial charge is 0.395 e. The van der Waals surface area contributed by atoms with Crippen LogP contribution < -0.4 is 0 Å². The second-order valence-corrected chi connectivity index (χ2v) is 25.9. The second kappa shape index (κ2) is 23.6. The Bertz CT molecular complexity index is 3320. The predicted molar refractivity (Wildman–Crippen MR) is 306 cm³/mol. The van der Waals surface area contributed by atoms with E-state index in [0.717, 1.165) is 23.2 Å². The molecule has 5 aromatic carbocycles. The number of fused-ring (bicyclic) bond motifs is 9. The first-order valence-corrected chi connectivity index (χ1v) is 30.6. The van der Waals surface area contributed by atoms with E-state index in [9.17, 15) is 55.4 Å². The highest BCUT2D eigenvalue weighted by atomic mass is 19.3. The summed E-state index contributed by atoms with van der Waals surface area (Å²) in [5, 5.41) is 9.55. The van der Waals surface area contributed by atoms with E-state index in [4.69, 9.17) is 9.47 Å². The van der Waals surface area contributed by atoms with Gasteiger partial charge in [0.15, 0.2) is 12.5 Å². The topological polar surface area (TPSA) is 140 Å². The molecule has 0 radical (unpaired) electrons. The number of imide groups is 1. The van der Waals surface area contributed by atoms with Gasteiger partial charge >= 0.3 is 0 Å². The average Bonchev–Trinajstić information content (AvgIpc) is 1.63. The van der Waals surface area contributed by atoms with E-state index in [0.29, 0.717) is 56.8 Å². The number of amides is 4. The van der Waals surface area contributed by atoms with Gasteiger partial charge in [0.05, 0.1) is 48.9 Å². The van der Waals surface area contributed by atoms with E-state index in [1.807, 2.05) is 126 Å². The number of ketones is 1. The second-order valence-electron chi connectivity index (χ2n) is 25.9. The number of hydrogen-bond donors (Lipinski definition) is 1. The van der Waals surface area contributed by atoms with Gasteiger partial charge in [0.1, 0.15) is 5.78 Å². The predicted octanol–water partition coefficient (Wildman–Crippen LogP) is 10.5. The van der Waals surface area contributed by atoms with Crippen molar-refractivity contribution in [1.82, 2.24) is 24.5 Å². The van der Waals surface area contributed by atoms with Crippen LogP contribution in [-0.2, 0) is 36.9 Å². The first-order valence-electron chi connectivity index (χ1n) is 30.6. The number of rotatable bonds is 9. The summed E-state index contributed by atoms with van der Waals surface area (Å²) >= 11 is 0. The van der Waals surface area contributed by atoms with Crippen LogP contribution in [0.2, 0.25) is 0 Å². The fraction of sp³-hybridized carbons (Fsp3) is 0.485. The molecule has 13 nitrogen and oxygen atoms in total. The summed E-state index contributed by atoms with van der Waals surface area (Å²) < 4.78 is 93.6. The van der Waals surface area contributed by atoms with Crippen LogP contribution in [0.3, 0.4) is 0 Å². The molecule has 14 atom stereocenters. The van der Waals surface area contributed by atoms with Gasteiger partial charge in [-0.3, -0.25) is 38.7 Å². The number of likely N-dealkylation sites (tertiary alicyclic amines) is 2. The molecule has 6 saturated heterocycles. The highest BCUT2D eigenvalue weighted by Crippen LogP contribution is 2.56. The fourth-order valence-electron chi connectivity index (χ4n) is 16.7. The molecule has 0 unspecified atom stereocenters. The zero-order valence-electron chi connectivity index (χ0n) is 48.1. The number of halogens is 6. The fourth-order valence-corrected chi connectivity index (χ4v) is 16.7. The standard InChI is InChI=1S/C23H22F2N2O2.C15H15F2NO2.C15H19F2NO.C15H15NO3/c24-23(25)10-16-13-26(12-15-6-2-1-3-7-15)20(19(16)11-23)14-27-21(28)17-8-4-5-9-18(17)22(27)29;16-15(17)6-10-11(7-15)13(19)18-12(10)8-20-14(18)9-4-2-1-3-5-9;16-15(17)6-12-9-18(14(10-19)13(12)7-15)8-11-4-2-1-3-5-11;17-10-6-11-12(7-10)14(18)16-13(11)8-19-15(16)9-4-2-1-3-5-9/h1-9,16,19-20H,10-14H2;1-5,10-12,14H,6-8H2;1-5,12-14,19H,6-10H2;1-5,11-13,15H,6-8H2/t16-,19-,20+;10-,11+,12+,14+;12-,13-,14+;11-,12+,13+,15+/m0000/s1. The number of nitrogens with zero attached hydrogens (tertiary/aromatic N) is 5. The zero-order chi connectivity index (χ0) is 60.5. The molecular formula is C68H71F6N5O8. The van der Waals surface area contributed by atoms with Gasteiger partial charge in [0, 0.05) is 119 Å². The number of carbonyl (C=O) groups is 5. The van der Waals surface area contributed by atoms with Crippen molar-refractivity contribution in [2.75, 3.05) is 39.5 Å². The Morgan fingerprint density at radius 3 is 1.37 bits per heavy atom. The maximum Gasteiger partial charge on any atom is 0.261 e. The Morgan fingerprint density at radius 2 is 0.874 bits per heavy atom. The lowest BCUT2D eigenvalue weighted by Crippen LogP contribution is -2.45. The highest BCUT2D eigenvalue weighted by molar-refractivity contribution is 6.21. The van der Waals surface area contributed by atoms with Gasteiger partial charge in [-0.15, -0.1) is 0 Å². The van der Waals surface area contributed by atoms with E-state index in [-0.39, 0.29) is 153 Å². The number of aliphatic hydroxyl groups excluding tert-OH is 1. The molecule has 87 heavy (non-hydrogen) atoms. The Hall–Kier alpha value is -6.77. The first kappa shape index (κ1) is 59.2. The van der Waals surface area contributed by atoms with Crippen molar-refractivity contribution in [3.8, 4) is 0 Å². The molecule has 0 bridgehead atoms. The van der Waals surface area contributed by atoms with Crippen molar-refractivity contribution in [3.63, 3.8) is 0 Å². The molecule has 1 N–H and O–H groups in total. The number of hydrogen-bond acceptors (Lipinski definition) is 10. The van der Waals surface area contributed by atoms with Gasteiger partial charge in [-0.05, 0) is 52.8 Å². The van der Waals surface area contributed by atoms with Crippen LogP contribution in [0.4, 0.5) is 26.3 Å². The van der Waals surface area contributed by atoms with Crippen molar-refractivity contribution < 1.29 is 64.9 Å². The van der Waals surface area contributed by atoms with Crippen molar-refractivity contribution in [2.45, 2.75) is 119 Å². The van der Waals surface area contributed by atoms with Gasteiger partial charge in [-0.25, -0.2) is 26.3 Å². The minimum atomic E-state index is -2.69. The minimum absolute atomic E-state index is 0.0144. The number of ether oxygens (including phenoxy) is 2. The lowest BCUT2D eigenvalue weighted by molar-refractivity contribution is -0.139. The lowest BCUT2D eigenvalue weighted by atomic mass is 9.93. The number of Topliss-reactive ketones (excluding diaryl/α,β-unsaturated/α-hetero) is 1. The maximum atomic E-state index is 14.1. The molecule has 5 aromatic rings. The van der Waals surface area contributed by atoms with Crippen molar-refractivity contribution >= 4 is 29.4 Å². The van der Waals surface area contributed by atoms with Gasteiger partial charge in [0.2, 0.25) is 29.6 Å². The average molecular weight is 1200 g/mol. The quantitative estimate of drug-likeness (QED) is 0.112. The molecule has 0 spiro atoms. The van der Waals surface area contributed by atoms with Crippen LogP contribution in [-0.4, -0.2) is 140 Å². The summed E-state index contributed by atoms with van der Waals surface area (Å²) in [6.07, 6.45) is -0.542. The molecule has 7 heterocycles. The van der Waals surface area contributed by atoms with Gasteiger partial charge in [-0.2, -0.15) is 0 Å². The summed E-state index contributed by atoms with van der Waals surface area (Å²) in [5.41, 5.74) is 5.01. The first-order chi connectivity index (χ1) is 41.8. The Labute approximate surface area is 501 Å². The van der Waals surface area contributed by atoms with E-state index >= 15 is 0 Å². The molecule has 0 aromatic heterocycles.